The summed E-state index contributed by atoms with van der Waals surface area (Å²) in [5, 5.41) is 4.20. The Labute approximate surface area is 132 Å². The Morgan fingerprint density at radius 1 is 1.43 bits per heavy atom. The fourth-order valence-electron chi connectivity index (χ4n) is 2.84. The molecule has 0 spiro atoms. The smallest absolute Gasteiger partial charge is 0.407 e. The highest BCUT2D eigenvalue weighted by atomic mass is 79.9. The number of halogens is 1. The van der Waals surface area contributed by atoms with Crippen LogP contribution in [0.4, 0.5) is 4.79 Å². The second kappa shape index (κ2) is 5.05. The topological polar surface area (TPSA) is 43.3 Å². The highest BCUT2D eigenvalue weighted by molar-refractivity contribution is 9.10. The molecular formula is C16H19BrN2O2. The highest BCUT2D eigenvalue weighted by Gasteiger charge is 2.25. The zero-order valence-corrected chi connectivity index (χ0v) is 14.0. The number of benzene rings is 1. The number of alkyl carbamates (subject to hydrolysis) is 1. The molecule has 1 amide bonds. The molecule has 0 bridgehead atoms. The van der Waals surface area contributed by atoms with Gasteiger partial charge in [0.25, 0.3) is 0 Å². The molecule has 0 aliphatic carbocycles. The minimum absolute atomic E-state index is 0.0530. The summed E-state index contributed by atoms with van der Waals surface area (Å²) in [6.07, 6.45) is 2.55. The first kappa shape index (κ1) is 14.4. The summed E-state index contributed by atoms with van der Waals surface area (Å²) in [6.45, 7) is 6.37. The van der Waals surface area contributed by atoms with Gasteiger partial charge in [-0.15, -0.1) is 0 Å². The van der Waals surface area contributed by atoms with Crippen LogP contribution in [0.3, 0.4) is 0 Å². The fraction of sp³-hybridized carbons (Fsp3) is 0.438. The van der Waals surface area contributed by atoms with Crippen LogP contribution in [0.15, 0.2) is 28.9 Å². The van der Waals surface area contributed by atoms with Crippen LogP contribution in [0.5, 0.6) is 0 Å². The molecular weight excluding hydrogens is 332 g/mol. The van der Waals surface area contributed by atoms with Crippen molar-refractivity contribution in [2.45, 2.75) is 45.4 Å². The van der Waals surface area contributed by atoms with E-state index in [2.05, 4.69) is 50.2 Å². The second-order valence-corrected chi connectivity index (χ2v) is 7.34. The molecule has 1 aliphatic heterocycles. The van der Waals surface area contributed by atoms with Gasteiger partial charge in [-0.2, -0.15) is 0 Å². The van der Waals surface area contributed by atoms with Crippen LogP contribution in [-0.2, 0) is 17.7 Å². The van der Waals surface area contributed by atoms with Gasteiger partial charge in [-0.25, -0.2) is 4.79 Å². The molecule has 0 radical (unpaired) electrons. The highest BCUT2D eigenvalue weighted by Crippen LogP contribution is 2.32. The Hall–Kier alpha value is -1.49. The van der Waals surface area contributed by atoms with E-state index >= 15 is 0 Å². The summed E-state index contributed by atoms with van der Waals surface area (Å²) < 4.78 is 8.63. The standard InChI is InChI=1S/C16H19BrN2O2/c1-16(2,3)21-15(20)18-11-7-10-5-4-6-12-13(17)9-19(8-11)14(10)12/h4-6,9,11H,7-8H2,1-3H3,(H,18,20)/t11-/m1/s1. The fourth-order valence-corrected chi connectivity index (χ4v) is 3.41. The molecule has 0 saturated heterocycles. The van der Waals surface area contributed by atoms with Gasteiger partial charge in [-0.1, -0.05) is 18.2 Å². The predicted octanol–water partition coefficient (Wildman–Crippen LogP) is 3.85. The number of rotatable bonds is 1. The van der Waals surface area contributed by atoms with Crippen LogP contribution in [-0.4, -0.2) is 22.3 Å². The van der Waals surface area contributed by atoms with Crippen molar-refractivity contribution >= 4 is 32.9 Å². The summed E-state index contributed by atoms with van der Waals surface area (Å²) >= 11 is 3.60. The summed E-state index contributed by atoms with van der Waals surface area (Å²) in [5.74, 6) is 0. The Morgan fingerprint density at radius 2 is 2.19 bits per heavy atom. The molecule has 0 saturated carbocycles. The van der Waals surface area contributed by atoms with Gasteiger partial charge in [0.1, 0.15) is 5.60 Å². The lowest BCUT2D eigenvalue weighted by Gasteiger charge is -2.27. The molecule has 2 heterocycles. The zero-order valence-electron chi connectivity index (χ0n) is 12.4. The van der Waals surface area contributed by atoms with Crippen molar-refractivity contribution in [1.29, 1.82) is 0 Å². The van der Waals surface area contributed by atoms with E-state index in [0.717, 1.165) is 17.4 Å². The lowest BCUT2D eigenvalue weighted by Crippen LogP contribution is -2.43. The number of amides is 1. The number of aromatic nitrogens is 1. The van der Waals surface area contributed by atoms with Crippen LogP contribution in [0.1, 0.15) is 26.3 Å². The van der Waals surface area contributed by atoms with Crippen molar-refractivity contribution < 1.29 is 9.53 Å². The van der Waals surface area contributed by atoms with Gasteiger partial charge in [0, 0.05) is 22.6 Å². The normalized spacial score (nSPS) is 17.8. The van der Waals surface area contributed by atoms with E-state index in [1.54, 1.807) is 0 Å². The van der Waals surface area contributed by atoms with Crippen molar-refractivity contribution in [3.8, 4) is 0 Å². The van der Waals surface area contributed by atoms with E-state index in [0.29, 0.717) is 0 Å². The van der Waals surface area contributed by atoms with Crippen molar-refractivity contribution in [2.75, 3.05) is 0 Å². The van der Waals surface area contributed by atoms with Crippen molar-refractivity contribution in [2.24, 2.45) is 0 Å². The van der Waals surface area contributed by atoms with Crippen LogP contribution in [0, 0.1) is 0 Å². The van der Waals surface area contributed by atoms with Gasteiger partial charge in [-0.05, 0) is 48.7 Å². The largest absolute Gasteiger partial charge is 0.444 e. The molecule has 5 heteroatoms. The Balaban J connectivity index is 1.80. The number of ether oxygens (including phenoxy) is 1. The molecule has 1 aliphatic rings. The van der Waals surface area contributed by atoms with Gasteiger partial charge in [0.05, 0.1) is 11.6 Å². The average Bonchev–Trinajstić information content (AvgIpc) is 2.65. The summed E-state index contributed by atoms with van der Waals surface area (Å²) in [5.41, 5.74) is 2.04. The first-order valence-corrected chi connectivity index (χ1v) is 7.88. The molecule has 21 heavy (non-hydrogen) atoms. The zero-order chi connectivity index (χ0) is 15.2. The van der Waals surface area contributed by atoms with Crippen LogP contribution in [0.2, 0.25) is 0 Å². The SMILES string of the molecule is CC(C)(C)OC(=O)N[C@@H]1Cc2cccc3c(Br)cn(c23)C1. The van der Waals surface area contributed by atoms with E-state index in [4.69, 9.17) is 4.74 Å². The first-order chi connectivity index (χ1) is 9.83. The summed E-state index contributed by atoms with van der Waals surface area (Å²) in [4.78, 5) is 11.9. The van der Waals surface area contributed by atoms with E-state index in [1.165, 1.54) is 16.5 Å². The maximum atomic E-state index is 11.9. The van der Waals surface area contributed by atoms with Gasteiger partial charge in [-0.3, -0.25) is 0 Å². The summed E-state index contributed by atoms with van der Waals surface area (Å²) in [7, 11) is 0. The molecule has 0 fully saturated rings. The second-order valence-electron chi connectivity index (χ2n) is 6.49. The molecule has 2 aromatic rings. The molecule has 1 N–H and O–H groups in total. The molecule has 112 valence electrons. The molecule has 4 nitrogen and oxygen atoms in total. The van der Waals surface area contributed by atoms with E-state index in [-0.39, 0.29) is 12.1 Å². The molecule has 1 aromatic heterocycles. The average molecular weight is 351 g/mol. The third-order valence-electron chi connectivity index (χ3n) is 3.54. The monoisotopic (exact) mass is 350 g/mol. The maximum absolute atomic E-state index is 11.9. The van der Waals surface area contributed by atoms with Crippen molar-refractivity contribution in [3.63, 3.8) is 0 Å². The number of nitrogens with zero attached hydrogens (tertiary/aromatic N) is 1. The predicted molar refractivity (Wildman–Crippen MR) is 86.5 cm³/mol. The number of carbonyl (C=O) groups excluding carboxylic acids is 1. The van der Waals surface area contributed by atoms with Crippen molar-refractivity contribution in [1.82, 2.24) is 9.88 Å². The minimum Gasteiger partial charge on any atom is -0.444 e. The first-order valence-electron chi connectivity index (χ1n) is 7.09. The number of hydrogen-bond donors (Lipinski definition) is 1. The minimum atomic E-state index is -0.472. The van der Waals surface area contributed by atoms with Gasteiger partial charge >= 0.3 is 6.09 Å². The Morgan fingerprint density at radius 3 is 2.90 bits per heavy atom. The van der Waals surface area contributed by atoms with Crippen LogP contribution < -0.4 is 5.32 Å². The van der Waals surface area contributed by atoms with E-state index < -0.39 is 5.60 Å². The molecule has 1 aromatic carbocycles. The third kappa shape index (κ3) is 2.93. The third-order valence-corrected chi connectivity index (χ3v) is 4.17. The number of para-hydroxylation sites is 1. The van der Waals surface area contributed by atoms with Crippen LogP contribution in [0.25, 0.3) is 10.9 Å². The quantitative estimate of drug-likeness (QED) is 0.848. The van der Waals surface area contributed by atoms with Gasteiger partial charge in [0.2, 0.25) is 0 Å². The Bertz CT molecular complexity index is 700. The van der Waals surface area contributed by atoms with Gasteiger partial charge < -0.3 is 14.6 Å². The number of hydrogen-bond acceptors (Lipinski definition) is 2. The lowest BCUT2D eigenvalue weighted by molar-refractivity contribution is 0.0498. The van der Waals surface area contributed by atoms with E-state index in [1.807, 2.05) is 20.8 Å². The molecule has 3 rings (SSSR count). The molecule has 0 unspecified atom stereocenters. The Kier molecular flexibility index (Phi) is 3.48. The maximum Gasteiger partial charge on any atom is 0.407 e. The van der Waals surface area contributed by atoms with Crippen LogP contribution >= 0.6 is 15.9 Å². The number of nitrogens with one attached hydrogen (secondary N) is 1. The molecule has 1 atom stereocenters. The van der Waals surface area contributed by atoms with Gasteiger partial charge in [0.15, 0.2) is 0 Å². The number of carbonyl (C=O) groups is 1. The van der Waals surface area contributed by atoms with Crippen molar-refractivity contribution in [3.05, 3.63) is 34.4 Å². The van der Waals surface area contributed by atoms with E-state index in [9.17, 15) is 4.79 Å². The lowest BCUT2D eigenvalue weighted by atomic mass is 10.0. The summed E-state index contributed by atoms with van der Waals surface area (Å²) in [6, 6.07) is 6.34.